The molecule has 1 atom stereocenters. The Bertz CT molecular complexity index is 1330. The molecule has 7 heteroatoms. The minimum absolute atomic E-state index is 0.104. The topological polar surface area (TPSA) is 80.5 Å². The lowest BCUT2D eigenvalue weighted by Crippen LogP contribution is -2.40. The van der Waals surface area contributed by atoms with Crippen molar-refractivity contribution in [3.8, 4) is 28.7 Å². The number of amides is 1. The molecule has 4 aromatic rings. The van der Waals surface area contributed by atoms with Gasteiger partial charge in [-0.3, -0.25) is 9.69 Å². The smallest absolute Gasteiger partial charge is 0.251 e. The molecule has 1 saturated heterocycles. The Morgan fingerprint density at radius 1 is 0.946 bits per heavy atom. The molecule has 1 unspecified atom stereocenters. The molecule has 1 fully saturated rings. The van der Waals surface area contributed by atoms with E-state index in [0.29, 0.717) is 23.9 Å². The summed E-state index contributed by atoms with van der Waals surface area (Å²) in [4.78, 5) is 15.5. The molecule has 5 rings (SSSR count). The SMILES string of the molecule is COc1ccc(C(CNC(=O)c2ccc(-c3nnc(-c4ccccc4C)o3)cc2)N2CCCCC2)cc1. The van der Waals surface area contributed by atoms with E-state index in [0.717, 1.165) is 35.5 Å². The van der Waals surface area contributed by atoms with Crippen molar-refractivity contribution >= 4 is 5.91 Å². The summed E-state index contributed by atoms with van der Waals surface area (Å²) in [5, 5.41) is 11.6. The molecule has 2 heterocycles. The van der Waals surface area contributed by atoms with Gasteiger partial charge in [-0.2, -0.15) is 0 Å². The number of hydrogen-bond acceptors (Lipinski definition) is 6. The molecule has 0 radical (unpaired) electrons. The van der Waals surface area contributed by atoms with E-state index in [4.69, 9.17) is 9.15 Å². The molecule has 37 heavy (non-hydrogen) atoms. The summed E-state index contributed by atoms with van der Waals surface area (Å²) >= 11 is 0. The van der Waals surface area contributed by atoms with E-state index in [2.05, 4.69) is 32.5 Å². The van der Waals surface area contributed by atoms with Gasteiger partial charge in [0.1, 0.15) is 5.75 Å². The van der Waals surface area contributed by atoms with Crippen LogP contribution in [-0.2, 0) is 0 Å². The number of aryl methyl sites for hydroxylation is 1. The van der Waals surface area contributed by atoms with Crippen molar-refractivity contribution in [3.05, 3.63) is 89.5 Å². The first-order chi connectivity index (χ1) is 18.1. The Kier molecular flexibility index (Phi) is 7.61. The van der Waals surface area contributed by atoms with E-state index in [1.807, 2.05) is 55.5 Å². The number of methoxy groups -OCH3 is 1. The quantitative estimate of drug-likeness (QED) is 0.338. The Morgan fingerprint density at radius 3 is 2.35 bits per heavy atom. The summed E-state index contributed by atoms with van der Waals surface area (Å²) in [6.45, 7) is 4.62. The first-order valence-corrected chi connectivity index (χ1v) is 12.8. The summed E-state index contributed by atoms with van der Waals surface area (Å²) in [6.07, 6.45) is 3.63. The number of nitrogens with zero attached hydrogens (tertiary/aromatic N) is 3. The number of likely N-dealkylation sites (tertiary alicyclic amines) is 1. The standard InChI is InChI=1S/C30H32N4O3/c1-21-8-4-5-9-26(21)30-33-32-29(37-30)24-12-10-23(11-13-24)28(35)31-20-27(34-18-6-3-7-19-34)22-14-16-25(36-2)17-15-22/h4-5,8-17,27H,3,6-7,18-20H2,1-2H3,(H,31,35). The minimum atomic E-state index is -0.104. The third-order valence-electron chi connectivity index (χ3n) is 6.98. The number of ether oxygens (including phenoxy) is 1. The van der Waals surface area contributed by atoms with E-state index in [1.54, 1.807) is 19.2 Å². The number of carbonyl (C=O) groups excluding carboxylic acids is 1. The van der Waals surface area contributed by atoms with Crippen LogP contribution < -0.4 is 10.1 Å². The van der Waals surface area contributed by atoms with Crippen LogP contribution in [0.1, 0.15) is 46.8 Å². The van der Waals surface area contributed by atoms with E-state index in [-0.39, 0.29) is 11.9 Å². The molecule has 0 bridgehead atoms. The number of carbonyl (C=O) groups is 1. The van der Waals surface area contributed by atoms with Crippen LogP contribution >= 0.6 is 0 Å². The summed E-state index contributed by atoms with van der Waals surface area (Å²) < 4.78 is 11.2. The third kappa shape index (κ3) is 5.73. The van der Waals surface area contributed by atoms with E-state index in [9.17, 15) is 4.79 Å². The van der Waals surface area contributed by atoms with Gasteiger partial charge >= 0.3 is 0 Å². The van der Waals surface area contributed by atoms with Crippen molar-refractivity contribution in [2.24, 2.45) is 0 Å². The summed E-state index contributed by atoms with van der Waals surface area (Å²) in [7, 11) is 1.67. The van der Waals surface area contributed by atoms with Crippen LogP contribution in [0.5, 0.6) is 5.75 Å². The molecule has 1 aromatic heterocycles. The molecule has 0 spiro atoms. The fraction of sp³-hybridized carbons (Fsp3) is 0.300. The molecule has 0 aliphatic carbocycles. The lowest BCUT2D eigenvalue weighted by molar-refractivity contribution is 0.0924. The molecule has 1 aliphatic heterocycles. The lowest BCUT2D eigenvalue weighted by Gasteiger charge is -2.35. The highest BCUT2D eigenvalue weighted by Crippen LogP contribution is 2.27. The number of piperidine rings is 1. The van der Waals surface area contributed by atoms with Crippen molar-refractivity contribution < 1.29 is 13.9 Å². The Morgan fingerprint density at radius 2 is 1.65 bits per heavy atom. The first-order valence-electron chi connectivity index (χ1n) is 12.8. The van der Waals surface area contributed by atoms with Gasteiger partial charge in [-0.25, -0.2) is 0 Å². The predicted octanol–water partition coefficient (Wildman–Crippen LogP) is 5.68. The maximum absolute atomic E-state index is 13.0. The molecular weight excluding hydrogens is 464 g/mol. The van der Waals surface area contributed by atoms with Gasteiger partial charge in [-0.05, 0) is 86.4 Å². The molecule has 1 N–H and O–H groups in total. The van der Waals surface area contributed by atoms with Gasteiger partial charge in [-0.15, -0.1) is 10.2 Å². The fourth-order valence-corrected chi connectivity index (χ4v) is 4.83. The first kappa shape index (κ1) is 24.7. The second kappa shape index (κ2) is 11.4. The normalized spacial score (nSPS) is 14.8. The number of benzene rings is 3. The lowest BCUT2D eigenvalue weighted by atomic mass is 10.0. The van der Waals surface area contributed by atoms with Crippen LogP contribution in [0.25, 0.3) is 22.9 Å². The second-order valence-corrected chi connectivity index (χ2v) is 9.40. The Labute approximate surface area is 217 Å². The Balaban J connectivity index is 1.26. The van der Waals surface area contributed by atoms with Crippen LogP contribution in [0, 0.1) is 6.92 Å². The summed E-state index contributed by atoms with van der Waals surface area (Å²) in [6, 6.07) is 23.4. The van der Waals surface area contributed by atoms with Crippen molar-refractivity contribution in [1.29, 1.82) is 0 Å². The van der Waals surface area contributed by atoms with Crippen LogP contribution in [0.3, 0.4) is 0 Å². The molecule has 3 aromatic carbocycles. The fourth-order valence-electron chi connectivity index (χ4n) is 4.83. The maximum atomic E-state index is 13.0. The van der Waals surface area contributed by atoms with Crippen molar-refractivity contribution in [3.63, 3.8) is 0 Å². The Hall–Kier alpha value is -3.97. The molecule has 190 valence electrons. The highest BCUT2D eigenvalue weighted by atomic mass is 16.5. The zero-order chi connectivity index (χ0) is 25.6. The second-order valence-electron chi connectivity index (χ2n) is 9.40. The highest BCUT2D eigenvalue weighted by Gasteiger charge is 2.23. The van der Waals surface area contributed by atoms with Gasteiger partial charge in [0.15, 0.2) is 0 Å². The van der Waals surface area contributed by atoms with E-state index >= 15 is 0 Å². The monoisotopic (exact) mass is 496 g/mol. The van der Waals surface area contributed by atoms with Gasteiger partial charge < -0.3 is 14.5 Å². The number of aromatic nitrogens is 2. The molecule has 7 nitrogen and oxygen atoms in total. The summed E-state index contributed by atoms with van der Waals surface area (Å²) in [5.74, 6) is 1.64. The highest BCUT2D eigenvalue weighted by molar-refractivity contribution is 5.94. The average molecular weight is 497 g/mol. The van der Waals surface area contributed by atoms with E-state index in [1.165, 1.54) is 24.8 Å². The third-order valence-corrected chi connectivity index (χ3v) is 6.98. The minimum Gasteiger partial charge on any atom is -0.497 e. The summed E-state index contributed by atoms with van der Waals surface area (Å²) in [5.41, 5.74) is 4.53. The van der Waals surface area contributed by atoms with Gasteiger partial charge in [0.05, 0.1) is 13.2 Å². The maximum Gasteiger partial charge on any atom is 0.251 e. The number of hydrogen-bond donors (Lipinski definition) is 1. The molecule has 1 amide bonds. The molecule has 1 aliphatic rings. The van der Waals surface area contributed by atoms with Gasteiger partial charge in [0, 0.05) is 23.2 Å². The van der Waals surface area contributed by atoms with Gasteiger partial charge in [-0.1, -0.05) is 36.8 Å². The van der Waals surface area contributed by atoms with Crippen LogP contribution in [-0.4, -0.2) is 47.7 Å². The van der Waals surface area contributed by atoms with Crippen LogP contribution in [0.2, 0.25) is 0 Å². The van der Waals surface area contributed by atoms with Gasteiger partial charge in [0.2, 0.25) is 11.8 Å². The average Bonchev–Trinajstić information content (AvgIpc) is 3.44. The number of nitrogens with one attached hydrogen (secondary N) is 1. The van der Waals surface area contributed by atoms with E-state index < -0.39 is 0 Å². The van der Waals surface area contributed by atoms with Crippen LogP contribution in [0.15, 0.2) is 77.2 Å². The van der Waals surface area contributed by atoms with Gasteiger partial charge in [0.25, 0.3) is 5.91 Å². The largest absolute Gasteiger partial charge is 0.497 e. The van der Waals surface area contributed by atoms with Crippen molar-refractivity contribution in [2.75, 3.05) is 26.7 Å². The van der Waals surface area contributed by atoms with Crippen molar-refractivity contribution in [1.82, 2.24) is 20.4 Å². The molecular formula is C30H32N4O3. The molecule has 0 saturated carbocycles. The van der Waals surface area contributed by atoms with Crippen molar-refractivity contribution in [2.45, 2.75) is 32.2 Å². The zero-order valence-electron chi connectivity index (χ0n) is 21.3. The number of rotatable bonds is 8. The van der Waals surface area contributed by atoms with Crippen LogP contribution in [0.4, 0.5) is 0 Å². The predicted molar refractivity (Wildman–Crippen MR) is 143 cm³/mol. The zero-order valence-corrected chi connectivity index (χ0v) is 21.3.